The topological polar surface area (TPSA) is 27.1 Å². The lowest BCUT2D eigenvalue weighted by atomic mass is 10.2. The molecule has 0 radical (unpaired) electrons. The Balaban J connectivity index is 2.10. The Bertz CT molecular complexity index is 476. The molecule has 0 N–H and O–H groups in total. The molecule has 2 aromatic rings. The highest BCUT2D eigenvalue weighted by Crippen LogP contribution is 2.20. The van der Waals surface area contributed by atoms with E-state index in [1.165, 1.54) is 12.7 Å². The van der Waals surface area contributed by atoms with Gasteiger partial charge >= 0.3 is 0 Å². The van der Waals surface area contributed by atoms with Crippen molar-refractivity contribution < 1.29 is 4.74 Å². The van der Waals surface area contributed by atoms with Crippen LogP contribution in [0.1, 0.15) is 5.56 Å². The third-order valence-corrected chi connectivity index (χ3v) is 4.14. The molecule has 1 heterocycles. The summed E-state index contributed by atoms with van der Waals surface area (Å²) in [5, 5.41) is 4.17. The molecule has 0 aliphatic heterocycles. The van der Waals surface area contributed by atoms with Crippen LogP contribution in [0.5, 0.6) is 5.88 Å². The molecule has 1 aromatic carbocycles. The van der Waals surface area contributed by atoms with Gasteiger partial charge in [-0.05, 0) is 57.3 Å². The molecule has 0 saturated heterocycles. The zero-order valence-electron chi connectivity index (χ0n) is 8.65. The van der Waals surface area contributed by atoms with Gasteiger partial charge in [0, 0.05) is 32.0 Å². The average molecular weight is 440 g/mol. The lowest BCUT2D eigenvalue weighted by molar-refractivity contribution is 0.289. The van der Waals surface area contributed by atoms with Crippen LogP contribution in [-0.2, 0) is 13.7 Å². The van der Waals surface area contributed by atoms with E-state index < -0.39 is 0 Å². The van der Waals surface area contributed by atoms with Crippen molar-refractivity contribution in [2.45, 2.75) is 6.61 Å². The van der Waals surface area contributed by atoms with Crippen molar-refractivity contribution in [1.29, 1.82) is 0 Å². The van der Waals surface area contributed by atoms with Gasteiger partial charge in [-0.3, -0.25) is 4.68 Å². The molecule has 0 fully saturated rings. The number of aryl methyl sites for hydroxylation is 1. The van der Waals surface area contributed by atoms with E-state index in [0.29, 0.717) is 12.5 Å². The number of hydrogen-bond donors (Lipinski definition) is 0. The number of nitrogens with zero attached hydrogens (tertiary/aromatic N) is 2. The summed E-state index contributed by atoms with van der Waals surface area (Å²) in [5.74, 6) is 0.665. The first kappa shape index (κ1) is 12.2. The van der Waals surface area contributed by atoms with Gasteiger partial charge in [0.25, 0.3) is 0 Å². The molecule has 1 aromatic heterocycles. The molecule has 84 valence electrons. The number of benzene rings is 1. The highest BCUT2D eigenvalue weighted by molar-refractivity contribution is 14.1. The number of ether oxygens (including phenoxy) is 1. The molecule has 0 aliphatic rings. The second-order valence-electron chi connectivity index (χ2n) is 3.32. The third-order valence-electron chi connectivity index (χ3n) is 2.12. The summed E-state index contributed by atoms with van der Waals surface area (Å²) < 4.78 is 9.81. The fraction of sp³-hybridized carbons (Fsp3) is 0.182. The van der Waals surface area contributed by atoms with Crippen molar-refractivity contribution in [3.05, 3.63) is 43.2 Å². The Kier molecular flexibility index (Phi) is 4.06. The molecular formula is C11H10I2N2O. The van der Waals surface area contributed by atoms with Gasteiger partial charge in [0.15, 0.2) is 0 Å². The van der Waals surface area contributed by atoms with Crippen LogP contribution in [0, 0.1) is 7.14 Å². The molecule has 0 aliphatic carbocycles. The molecule has 0 unspecified atom stereocenters. The Morgan fingerprint density at radius 2 is 1.94 bits per heavy atom. The van der Waals surface area contributed by atoms with Crippen LogP contribution in [0.3, 0.4) is 0 Å². The number of halogens is 2. The molecule has 16 heavy (non-hydrogen) atoms. The van der Waals surface area contributed by atoms with E-state index in [4.69, 9.17) is 4.74 Å². The third kappa shape index (κ3) is 2.88. The zero-order valence-corrected chi connectivity index (χ0v) is 13.0. The van der Waals surface area contributed by atoms with Crippen LogP contribution in [0.15, 0.2) is 30.5 Å². The molecule has 3 nitrogen and oxygen atoms in total. The maximum Gasteiger partial charge on any atom is 0.233 e. The first-order valence-corrected chi connectivity index (χ1v) is 6.88. The summed E-state index contributed by atoms with van der Waals surface area (Å²) in [5.41, 5.74) is 1.22. The lowest BCUT2D eigenvalue weighted by Gasteiger charge is -2.07. The summed E-state index contributed by atoms with van der Waals surface area (Å²) in [6.07, 6.45) is 1.87. The largest absolute Gasteiger partial charge is 0.472 e. The van der Waals surface area contributed by atoms with Gasteiger partial charge in [-0.1, -0.05) is 6.07 Å². The van der Waals surface area contributed by atoms with Gasteiger partial charge in [0.2, 0.25) is 5.88 Å². The van der Waals surface area contributed by atoms with E-state index in [-0.39, 0.29) is 0 Å². The predicted molar refractivity (Wildman–Crippen MR) is 79.4 cm³/mol. The van der Waals surface area contributed by atoms with Gasteiger partial charge in [0.1, 0.15) is 6.61 Å². The van der Waals surface area contributed by atoms with Gasteiger partial charge in [-0.25, -0.2) is 0 Å². The number of aromatic nitrogens is 2. The highest BCUT2D eigenvalue weighted by Gasteiger charge is 2.06. The Morgan fingerprint density at radius 1 is 1.25 bits per heavy atom. The fourth-order valence-electron chi connectivity index (χ4n) is 1.29. The summed E-state index contributed by atoms with van der Waals surface area (Å²) in [6, 6.07) is 8.08. The monoisotopic (exact) mass is 440 g/mol. The van der Waals surface area contributed by atoms with Gasteiger partial charge < -0.3 is 4.74 Å². The quantitative estimate of drug-likeness (QED) is 0.687. The predicted octanol–water partition coefficient (Wildman–Crippen LogP) is 3.21. The van der Waals surface area contributed by atoms with Crippen molar-refractivity contribution >= 4 is 45.2 Å². The summed E-state index contributed by atoms with van der Waals surface area (Å²) >= 11 is 4.65. The Labute approximate surface area is 121 Å². The van der Waals surface area contributed by atoms with E-state index in [1.807, 2.05) is 25.4 Å². The number of hydrogen-bond acceptors (Lipinski definition) is 2. The normalized spacial score (nSPS) is 10.4. The first-order valence-electron chi connectivity index (χ1n) is 4.72. The molecule has 0 amide bonds. The lowest BCUT2D eigenvalue weighted by Crippen LogP contribution is -2.01. The van der Waals surface area contributed by atoms with Crippen LogP contribution in [-0.4, -0.2) is 9.78 Å². The Morgan fingerprint density at radius 3 is 2.50 bits per heavy atom. The minimum absolute atomic E-state index is 0.564. The second kappa shape index (κ2) is 5.35. The van der Waals surface area contributed by atoms with Crippen LogP contribution in [0.4, 0.5) is 0 Å². The fourth-order valence-corrected chi connectivity index (χ4v) is 3.11. The van der Waals surface area contributed by atoms with Crippen molar-refractivity contribution in [2.24, 2.45) is 7.05 Å². The van der Waals surface area contributed by atoms with Crippen LogP contribution >= 0.6 is 45.2 Å². The van der Waals surface area contributed by atoms with E-state index in [9.17, 15) is 0 Å². The minimum atomic E-state index is 0.564. The summed E-state index contributed by atoms with van der Waals surface area (Å²) in [6.45, 7) is 0.564. The van der Waals surface area contributed by atoms with Crippen molar-refractivity contribution in [2.75, 3.05) is 0 Å². The van der Waals surface area contributed by atoms with Crippen LogP contribution in [0.25, 0.3) is 0 Å². The molecular weight excluding hydrogens is 430 g/mol. The maximum absolute atomic E-state index is 5.63. The second-order valence-corrected chi connectivity index (χ2v) is 5.64. The van der Waals surface area contributed by atoms with Gasteiger partial charge in [-0.2, -0.15) is 0 Å². The summed E-state index contributed by atoms with van der Waals surface area (Å²) in [4.78, 5) is 0. The maximum atomic E-state index is 5.63. The molecule has 2 rings (SSSR count). The Hall–Kier alpha value is -0.310. The van der Waals surface area contributed by atoms with E-state index >= 15 is 0 Å². The minimum Gasteiger partial charge on any atom is -0.472 e. The molecule has 0 saturated carbocycles. The summed E-state index contributed by atoms with van der Waals surface area (Å²) in [7, 11) is 1.88. The van der Waals surface area contributed by atoms with Crippen LogP contribution < -0.4 is 4.74 Å². The zero-order chi connectivity index (χ0) is 11.5. The molecule has 0 bridgehead atoms. The van der Waals surface area contributed by atoms with Crippen molar-refractivity contribution in [3.8, 4) is 5.88 Å². The number of rotatable bonds is 3. The van der Waals surface area contributed by atoms with Gasteiger partial charge in [-0.15, -0.1) is 5.10 Å². The first-order chi connectivity index (χ1) is 7.66. The smallest absolute Gasteiger partial charge is 0.233 e. The highest BCUT2D eigenvalue weighted by atomic mass is 127. The van der Waals surface area contributed by atoms with E-state index in [1.54, 1.807) is 4.68 Å². The van der Waals surface area contributed by atoms with Crippen LogP contribution in [0.2, 0.25) is 0 Å². The molecule has 5 heteroatoms. The molecule has 0 spiro atoms. The van der Waals surface area contributed by atoms with E-state index in [2.05, 4.69) is 62.4 Å². The van der Waals surface area contributed by atoms with Gasteiger partial charge in [0.05, 0.1) is 0 Å². The SMILES string of the molecule is Cn1ccc(OCc2c(I)cccc2I)n1. The van der Waals surface area contributed by atoms with E-state index in [0.717, 1.165) is 0 Å². The van der Waals surface area contributed by atoms with Crippen molar-refractivity contribution in [3.63, 3.8) is 0 Å². The van der Waals surface area contributed by atoms with Crippen molar-refractivity contribution in [1.82, 2.24) is 9.78 Å². The average Bonchev–Trinajstić information content (AvgIpc) is 2.63. The molecule has 0 atom stereocenters. The standard InChI is InChI=1S/C11H10I2N2O/c1-15-6-5-11(14-15)16-7-8-9(12)3-2-4-10(8)13/h2-6H,7H2,1H3.